The maximum Gasteiger partial charge on any atom is 0.268 e. The smallest absolute Gasteiger partial charge is 0.268 e. The van der Waals surface area contributed by atoms with Crippen LogP contribution in [-0.4, -0.2) is 30.7 Å². The number of carbonyl (C=O) groups is 1. The summed E-state index contributed by atoms with van der Waals surface area (Å²) < 4.78 is 12.5. The molecule has 1 N–H and O–H groups in total. The summed E-state index contributed by atoms with van der Waals surface area (Å²) in [4.78, 5) is 12.5. The second-order valence-corrected chi connectivity index (χ2v) is 5.87. The summed E-state index contributed by atoms with van der Waals surface area (Å²) >= 11 is 0. The molecule has 0 bridgehead atoms. The molecule has 0 saturated carbocycles. The lowest BCUT2D eigenvalue weighted by Gasteiger charge is -2.11. The number of aryl methyl sites for hydroxylation is 1. The predicted octanol–water partition coefficient (Wildman–Crippen LogP) is 3.36. The van der Waals surface area contributed by atoms with E-state index in [2.05, 4.69) is 36.5 Å². The fourth-order valence-electron chi connectivity index (χ4n) is 2.72. The first-order valence-corrected chi connectivity index (χ1v) is 8.08. The number of amides is 1. The lowest BCUT2D eigenvalue weighted by atomic mass is 10.1. The van der Waals surface area contributed by atoms with Gasteiger partial charge in [0.05, 0.1) is 11.8 Å². The largest absolute Gasteiger partial charge is 0.463 e. The molecule has 0 aliphatic carbocycles. The van der Waals surface area contributed by atoms with Crippen LogP contribution in [0.5, 0.6) is 0 Å². The first kappa shape index (κ1) is 16.3. The Balaban J connectivity index is 1.83. The number of methoxy groups -OCH3 is 1. The van der Waals surface area contributed by atoms with Crippen LogP contribution in [0.3, 0.4) is 0 Å². The Morgan fingerprint density at radius 3 is 2.79 bits per heavy atom. The number of rotatable bonds is 7. The molecule has 0 aliphatic rings. The second-order valence-electron chi connectivity index (χ2n) is 5.87. The van der Waals surface area contributed by atoms with Crippen molar-refractivity contribution in [1.82, 2.24) is 9.88 Å². The molecule has 1 amide bonds. The Morgan fingerprint density at radius 2 is 2.04 bits per heavy atom. The number of hydrogen-bond acceptors (Lipinski definition) is 3. The van der Waals surface area contributed by atoms with Crippen LogP contribution in [0.25, 0.3) is 11.1 Å². The van der Waals surface area contributed by atoms with Gasteiger partial charge in [-0.05, 0) is 18.9 Å². The van der Waals surface area contributed by atoms with Gasteiger partial charge in [-0.25, -0.2) is 0 Å². The summed E-state index contributed by atoms with van der Waals surface area (Å²) in [5.74, 6) is -0.0929. The van der Waals surface area contributed by atoms with Crippen LogP contribution in [0.4, 0.5) is 0 Å². The van der Waals surface area contributed by atoms with Gasteiger partial charge in [-0.15, -0.1) is 0 Å². The minimum absolute atomic E-state index is 0.0929. The van der Waals surface area contributed by atoms with Gasteiger partial charge in [-0.1, -0.05) is 29.8 Å². The summed E-state index contributed by atoms with van der Waals surface area (Å²) in [6, 6.07) is 12.0. The first-order chi connectivity index (χ1) is 11.7. The number of carbonyl (C=O) groups excluding carboxylic acids is 1. The number of furan rings is 1. The van der Waals surface area contributed by atoms with Crippen molar-refractivity contribution in [3.05, 3.63) is 59.5 Å². The molecule has 3 aromatic rings. The summed E-state index contributed by atoms with van der Waals surface area (Å²) in [6.07, 6.45) is 2.44. The van der Waals surface area contributed by atoms with Gasteiger partial charge in [0, 0.05) is 38.9 Å². The van der Waals surface area contributed by atoms with Crippen LogP contribution >= 0.6 is 0 Å². The van der Waals surface area contributed by atoms with E-state index in [9.17, 15) is 4.79 Å². The quantitative estimate of drug-likeness (QED) is 0.677. The second kappa shape index (κ2) is 7.36. The van der Waals surface area contributed by atoms with Crippen LogP contribution in [0.1, 0.15) is 28.0 Å². The lowest BCUT2D eigenvalue weighted by molar-refractivity contribution is 0.0940. The minimum Gasteiger partial charge on any atom is -0.463 e. The number of benzene rings is 1. The van der Waals surface area contributed by atoms with Crippen molar-refractivity contribution in [2.24, 2.45) is 0 Å². The number of nitrogens with one attached hydrogen (secondary N) is 1. The minimum atomic E-state index is -0.0929. The zero-order valence-corrected chi connectivity index (χ0v) is 14.0. The highest BCUT2D eigenvalue weighted by Crippen LogP contribution is 2.22. The summed E-state index contributed by atoms with van der Waals surface area (Å²) in [7, 11) is 1.66. The van der Waals surface area contributed by atoms with Gasteiger partial charge < -0.3 is 19.0 Å². The molecule has 126 valence electrons. The third-order valence-corrected chi connectivity index (χ3v) is 4.03. The SMILES string of the molecule is COCCCNC(=O)c1cc2occc2n1Cc1ccc(C)cc1. The number of nitrogens with zero attached hydrogens (tertiary/aromatic N) is 1. The Hall–Kier alpha value is -2.53. The van der Waals surface area contributed by atoms with Gasteiger partial charge in [0.25, 0.3) is 5.91 Å². The maximum atomic E-state index is 12.5. The van der Waals surface area contributed by atoms with Gasteiger partial charge in [0.2, 0.25) is 0 Å². The van der Waals surface area contributed by atoms with E-state index in [1.807, 2.05) is 10.6 Å². The predicted molar refractivity (Wildman–Crippen MR) is 93.3 cm³/mol. The number of ether oxygens (including phenoxy) is 1. The molecule has 1 aromatic carbocycles. The van der Waals surface area contributed by atoms with E-state index in [0.29, 0.717) is 25.4 Å². The Morgan fingerprint density at radius 1 is 1.25 bits per heavy atom. The standard InChI is InChI=1S/C19H22N2O3/c1-14-4-6-15(7-5-14)13-21-16-8-11-24-18(16)12-17(21)19(22)20-9-3-10-23-2/h4-8,11-12H,3,9-10,13H2,1-2H3,(H,20,22). The lowest BCUT2D eigenvalue weighted by Crippen LogP contribution is -2.27. The molecule has 0 atom stereocenters. The molecule has 2 heterocycles. The van der Waals surface area contributed by atoms with Gasteiger partial charge >= 0.3 is 0 Å². The summed E-state index contributed by atoms with van der Waals surface area (Å²) in [5.41, 5.74) is 4.63. The maximum absolute atomic E-state index is 12.5. The van der Waals surface area contributed by atoms with Crippen molar-refractivity contribution < 1.29 is 13.9 Å². The van der Waals surface area contributed by atoms with E-state index < -0.39 is 0 Å². The highest BCUT2D eigenvalue weighted by molar-refractivity contribution is 5.97. The topological polar surface area (TPSA) is 56.4 Å². The molecule has 5 heteroatoms. The average molecular weight is 326 g/mol. The van der Waals surface area contributed by atoms with Gasteiger partial charge in [0.1, 0.15) is 5.69 Å². The Labute approximate surface area is 141 Å². The van der Waals surface area contributed by atoms with Crippen molar-refractivity contribution >= 4 is 17.0 Å². The van der Waals surface area contributed by atoms with Gasteiger partial charge in [-0.3, -0.25) is 4.79 Å². The molecule has 24 heavy (non-hydrogen) atoms. The molecular formula is C19H22N2O3. The van der Waals surface area contributed by atoms with E-state index in [0.717, 1.165) is 23.1 Å². The molecule has 2 aromatic heterocycles. The third kappa shape index (κ3) is 3.51. The summed E-state index contributed by atoms with van der Waals surface area (Å²) in [6.45, 7) is 3.91. The van der Waals surface area contributed by atoms with E-state index in [-0.39, 0.29) is 5.91 Å². The normalized spacial score (nSPS) is 11.1. The molecule has 0 saturated heterocycles. The van der Waals surface area contributed by atoms with E-state index in [1.165, 1.54) is 5.56 Å². The molecule has 0 fully saturated rings. The molecule has 0 unspecified atom stereocenters. The van der Waals surface area contributed by atoms with Crippen molar-refractivity contribution in [2.75, 3.05) is 20.3 Å². The molecule has 0 aliphatic heterocycles. The highest BCUT2D eigenvalue weighted by atomic mass is 16.5. The van der Waals surface area contributed by atoms with Crippen molar-refractivity contribution in [1.29, 1.82) is 0 Å². The van der Waals surface area contributed by atoms with Gasteiger partial charge in [0.15, 0.2) is 5.58 Å². The van der Waals surface area contributed by atoms with Crippen molar-refractivity contribution in [3.63, 3.8) is 0 Å². The third-order valence-electron chi connectivity index (χ3n) is 4.03. The van der Waals surface area contributed by atoms with Gasteiger partial charge in [-0.2, -0.15) is 0 Å². The van der Waals surface area contributed by atoms with Crippen LogP contribution in [-0.2, 0) is 11.3 Å². The Kier molecular flexibility index (Phi) is 5.01. The first-order valence-electron chi connectivity index (χ1n) is 8.08. The summed E-state index contributed by atoms with van der Waals surface area (Å²) in [5, 5.41) is 2.94. The zero-order chi connectivity index (χ0) is 16.9. The molecule has 0 radical (unpaired) electrons. The zero-order valence-electron chi connectivity index (χ0n) is 14.0. The van der Waals surface area contributed by atoms with E-state index in [4.69, 9.17) is 9.15 Å². The fraction of sp³-hybridized carbons (Fsp3) is 0.316. The fourth-order valence-corrected chi connectivity index (χ4v) is 2.72. The van der Waals surface area contributed by atoms with Crippen molar-refractivity contribution in [2.45, 2.75) is 19.9 Å². The number of hydrogen-bond donors (Lipinski definition) is 1. The molecule has 0 spiro atoms. The molecule has 5 nitrogen and oxygen atoms in total. The molecule has 3 rings (SSSR count). The van der Waals surface area contributed by atoms with Crippen LogP contribution in [0.15, 0.2) is 47.1 Å². The van der Waals surface area contributed by atoms with E-state index in [1.54, 1.807) is 19.4 Å². The highest BCUT2D eigenvalue weighted by Gasteiger charge is 2.17. The molecular weight excluding hydrogens is 304 g/mol. The number of aromatic nitrogens is 1. The van der Waals surface area contributed by atoms with Crippen LogP contribution in [0, 0.1) is 6.92 Å². The van der Waals surface area contributed by atoms with Crippen LogP contribution < -0.4 is 5.32 Å². The average Bonchev–Trinajstić information content (AvgIpc) is 3.16. The van der Waals surface area contributed by atoms with Crippen LogP contribution in [0.2, 0.25) is 0 Å². The monoisotopic (exact) mass is 326 g/mol. The van der Waals surface area contributed by atoms with E-state index >= 15 is 0 Å². The Bertz CT molecular complexity index is 815. The number of fused-ring (bicyclic) bond motifs is 1. The van der Waals surface area contributed by atoms with Crippen molar-refractivity contribution in [3.8, 4) is 0 Å².